The minimum atomic E-state index is -0.454. The van der Waals surface area contributed by atoms with E-state index in [0.29, 0.717) is 12.1 Å². The standard InChI is InChI=1S/C18H23N3O2/c1-18(2,19)12-20-17(22)15-9-4-5-10-16(15)21-13-7-6-8-14(11-13)23-3/h4-11,21H,12,19H2,1-3H3,(H,20,22). The Kier molecular flexibility index (Phi) is 5.24. The molecule has 122 valence electrons. The van der Waals surface area contributed by atoms with Crippen molar-refractivity contribution >= 4 is 17.3 Å². The Morgan fingerprint density at radius 2 is 1.91 bits per heavy atom. The predicted molar refractivity (Wildman–Crippen MR) is 93.3 cm³/mol. The van der Waals surface area contributed by atoms with Gasteiger partial charge in [0.05, 0.1) is 18.4 Å². The second-order valence-corrected chi connectivity index (χ2v) is 6.07. The first-order valence-electron chi connectivity index (χ1n) is 7.46. The van der Waals surface area contributed by atoms with Crippen LogP contribution in [0.2, 0.25) is 0 Å². The van der Waals surface area contributed by atoms with Gasteiger partial charge in [-0.15, -0.1) is 0 Å². The molecule has 0 bridgehead atoms. The van der Waals surface area contributed by atoms with E-state index in [2.05, 4.69) is 10.6 Å². The van der Waals surface area contributed by atoms with Crippen molar-refractivity contribution in [3.8, 4) is 5.75 Å². The lowest BCUT2D eigenvalue weighted by Crippen LogP contribution is -2.45. The van der Waals surface area contributed by atoms with Crippen LogP contribution < -0.4 is 21.1 Å². The van der Waals surface area contributed by atoms with Gasteiger partial charge in [0, 0.05) is 23.8 Å². The van der Waals surface area contributed by atoms with Crippen LogP contribution in [0.4, 0.5) is 11.4 Å². The molecule has 0 fully saturated rings. The molecule has 0 unspecified atom stereocenters. The number of amides is 1. The molecule has 0 saturated carbocycles. The molecule has 0 aromatic heterocycles. The zero-order chi connectivity index (χ0) is 16.9. The Hall–Kier alpha value is -2.53. The average molecular weight is 313 g/mol. The first-order chi connectivity index (χ1) is 10.9. The fourth-order valence-corrected chi connectivity index (χ4v) is 2.05. The number of benzene rings is 2. The van der Waals surface area contributed by atoms with E-state index in [0.717, 1.165) is 17.1 Å². The van der Waals surface area contributed by atoms with E-state index in [-0.39, 0.29) is 5.91 Å². The Balaban J connectivity index is 2.18. The summed E-state index contributed by atoms with van der Waals surface area (Å²) in [6.07, 6.45) is 0. The van der Waals surface area contributed by atoms with Crippen molar-refractivity contribution in [3.05, 3.63) is 54.1 Å². The van der Waals surface area contributed by atoms with Gasteiger partial charge in [-0.1, -0.05) is 18.2 Å². The van der Waals surface area contributed by atoms with Crippen molar-refractivity contribution in [1.29, 1.82) is 0 Å². The molecule has 0 aliphatic heterocycles. The summed E-state index contributed by atoms with van der Waals surface area (Å²) in [5.74, 6) is 0.594. The average Bonchev–Trinajstić information content (AvgIpc) is 2.52. The fraction of sp³-hybridized carbons (Fsp3) is 0.278. The van der Waals surface area contributed by atoms with E-state index in [1.165, 1.54) is 0 Å². The molecule has 2 rings (SSSR count). The Morgan fingerprint density at radius 3 is 2.61 bits per heavy atom. The first kappa shape index (κ1) is 16.8. The summed E-state index contributed by atoms with van der Waals surface area (Å²) >= 11 is 0. The highest BCUT2D eigenvalue weighted by molar-refractivity contribution is 6.00. The number of para-hydroxylation sites is 1. The molecular formula is C18H23N3O2. The summed E-state index contributed by atoms with van der Waals surface area (Å²) in [6, 6.07) is 14.9. The molecule has 4 N–H and O–H groups in total. The molecule has 5 nitrogen and oxygen atoms in total. The number of hydrogen-bond acceptors (Lipinski definition) is 4. The SMILES string of the molecule is COc1cccc(Nc2ccccc2C(=O)NCC(C)(C)N)c1. The van der Waals surface area contributed by atoms with Crippen LogP contribution in [0.1, 0.15) is 24.2 Å². The maximum atomic E-state index is 12.4. The Labute approximate surface area is 136 Å². The maximum absolute atomic E-state index is 12.4. The van der Waals surface area contributed by atoms with E-state index in [9.17, 15) is 4.79 Å². The number of carbonyl (C=O) groups excluding carboxylic acids is 1. The molecule has 0 atom stereocenters. The number of anilines is 2. The minimum absolute atomic E-state index is 0.158. The van der Waals surface area contributed by atoms with Crippen molar-refractivity contribution < 1.29 is 9.53 Å². The summed E-state index contributed by atoms with van der Waals surface area (Å²) in [4.78, 5) is 12.4. The van der Waals surface area contributed by atoms with Gasteiger partial charge in [0.1, 0.15) is 5.75 Å². The molecule has 0 aliphatic rings. The molecule has 1 amide bonds. The van der Waals surface area contributed by atoms with Crippen LogP contribution >= 0.6 is 0 Å². The van der Waals surface area contributed by atoms with Crippen molar-refractivity contribution in [2.24, 2.45) is 5.73 Å². The van der Waals surface area contributed by atoms with Gasteiger partial charge in [-0.05, 0) is 38.1 Å². The molecule has 5 heteroatoms. The van der Waals surface area contributed by atoms with Crippen molar-refractivity contribution in [3.63, 3.8) is 0 Å². The molecule has 0 aliphatic carbocycles. The van der Waals surface area contributed by atoms with E-state index in [1.807, 2.05) is 56.3 Å². The Bertz CT molecular complexity index is 678. The smallest absolute Gasteiger partial charge is 0.253 e. The summed E-state index contributed by atoms with van der Waals surface area (Å²) in [7, 11) is 1.62. The zero-order valence-corrected chi connectivity index (χ0v) is 13.7. The van der Waals surface area contributed by atoms with Gasteiger partial charge < -0.3 is 21.1 Å². The normalized spacial score (nSPS) is 11.0. The summed E-state index contributed by atoms with van der Waals surface area (Å²) in [5, 5.41) is 6.11. The van der Waals surface area contributed by atoms with Crippen LogP contribution in [0, 0.1) is 0 Å². The topological polar surface area (TPSA) is 76.4 Å². The highest BCUT2D eigenvalue weighted by atomic mass is 16.5. The molecule has 0 saturated heterocycles. The summed E-state index contributed by atoms with van der Waals surface area (Å²) in [6.45, 7) is 4.14. The van der Waals surface area contributed by atoms with Crippen molar-refractivity contribution in [2.45, 2.75) is 19.4 Å². The highest BCUT2D eigenvalue weighted by Crippen LogP contribution is 2.24. The van der Waals surface area contributed by atoms with E-state index >= 15 is 0 Å². The number of rotatable bonds is 6. The molecule has 2 aromatic carbocycles. The molecule has 2 aromatic rings. The van der Waals surface area contributed by atoms with Gasteiger partial charge in [0.2, 0.25) is 0 Å². The number of nitrogens with one attached hydrogen (secondary N) is 2. The number of methoxy groups -OCH3 is 1. The largest absolute Gasteiger partial charge is 0.497 e. The van der Waals surface area contributed by atoms with Crippen LogP contribution in [0.15, 0.2) is 48.5 Å². The third-order valence-corrected chi connectivity index (χ3v) is 3.22. The summed E-state index contributed by atoms with van der Waals surface area (Å²) < 4.78 is 5.21. The zero-order valence-electron chi connectivity index (χ0n) is 13.7. The van der Waals surface area contributed by atoms with Crippen molar-refractivity contribution in [1.82, 2.24) is 5.32 Å². The second-order valence-electron chi connectivity index (χ2n) is 6.07. The van der Waals surface area contributed by atoms with Crippen LogP contribution in [-0.2, 0) is 0 Å². The highest BCUT2D eigenvalue weighted by Gasteiger charge is 2.15. The summed E-state index contributed by atoms with van der Waals surface area (Å²) in [5.41, 5.74) is 7.61. The van der Waals surface area contributed by atoms with Gasteiger partial charge in [-0.3, -0.25) is 4.79 Å². The molecular weight excluding hydrogens is 290 g/mol. The van der Waals surface area contributed by atoms with E-state index in [1.54, 1.807) is 13.2 Å². The maximum Gasteiger partial charge on any atom is 0.253 e. The second kappa shape index (κ2) is 7.15. The van der Waals surface area contributed by atoms with Crippen molar-refractivity contribution in [2.75, 3.05) is 19.0 Å². The van der Waals surface area contributed by atoms with Gasteiger partial charge >= 0.3 is 0 Å². The molecule has 0 heterocycles. The lowest BCUT2D eigenvalue weighted by Gasteiger charge is -2.20. The molecule has 23 heavy (non-hydrogen) atoms. The number of hydrogen-bond donors (Lipinski definition) is 3. The predicted octanol–water partition coefficient (Wildman–Crippen LogP) is 2.91. The monoisotopic (exact) mass is 313 g/mol. The quantitative estimate of drug-likeness (QED) is 0.766. The van der Waals surface area contributed by atoms with Crippen LogP contribution in [-0.4, -0.2) is 25.1 Å². The minimum Gasteiger partial charge on any atom is -0.497 e. The van der Waals surface area contributed by atoms with E-state index in [4.69, 9.17) is 10.5 Å². The van der Waals surface area contributed by atoms with Crippen LogP contribution in [0.25, 0.3) is 0 Å². The first-order valence-corrected chi connectivity index (χ1v) is 7.46. The number of carbonyl (C=O) groups is 1. The lowest BCUT2D eigenvalue weighted by molar-refractivity contribution is 0.0947. The number of nitrogens with two attached hydrogens (primary N) is 1. The van der Waals surface area contributed by atoms with Crippen LogP contribution in [0.5, 0.6) is 5.75 Å². The lowest BCUT2D eigenvalue weighted by atomic mass is 10.1. The molecule has 0 spiro atoms. The van der Waals surface area contributed by atoms with E-state index < -0.39 is 5.54 Å². The number of ether oxygens (including phenoxy) is 1. The van der Waals surface area contributed by atoms with Gasteiger partial charge in [-0.25, -0.2) is 0 Å². The Morgan fingerprint density at radius 1 is 1.17 bits per heavy atom. The molecule has 0 radical (unpaired) electrons. The third kappa shape index (κ3) is 5.00. The van der Waals surface area contributed by atoms with Gasteiger partial charge in [0.15, 0.2) is 0 Å². The van der Waals surface area contributed by atoms with Gasteiger partial charge in [0.25, 0.3) is 5.91 Å². The van der Waals surface area contributed by atoms with Crippen LogP contribution in [0.3, 0.4) is 0 Å². The third-order valence-electron chi connectivity index (χ3n) is 3.22. The van der Waals surface area contributed by atoms with Gasteiger partial charge in [-0.2, -0.15) is 0 Å². The fourth-order valence-electron chi connectivity index (χ4n) is 2.05.